The summed E-state index contributed by atoms with van der Waals surface area (Å²) in [5.41, 5.74) is -0.0666. The van der Waals surface area contributed by atoms with E-state index in [0.717, 1.165) is 23.7 Å². The van der Waals surface area contributed by atoms with Gasteiger partial charge in [-0.1, -0.05) is 46.7 Å². The van der Waals surface area contributed by atoms with Gasteiger partial charge in [-0.3, -0.25) is 4.79 Å². The molecule has 0 aliphatic heterocycles. The number of halogens is 3. The SMILES string of the molecule is O=C(NCCCCCI)c1c(F)cccc1Cl. The average Bonchev–Trinajstić information content (AvgIpc) is 2.28. The Morgan fingerprint density at radius 1 is 1.35 bits per heavy atom. The van der Waals surface area contributed by atoms with Crippen LogP contribution in [0.3, 0.4) is 0 Å². The number of nitrogens with one attached hydrogen (secondary N) is 1. The number of hydrogen-bond acceptors (Lipinski definition) is 1. The highest BCUT2D eigenvalue weighted by Gasteiger charge is 2.14. The van der Waals surface area contributed by atoms with Gasteiger partial charge in [-0.2, -0.15) is 0 Å². The first-order valence-electron chi connectivity index (χ1n) is 5.45. The molecule has 1 aromatic rings. The number of carbonyl (C=O) groups is 1. The molecule has 1 aromatic carbocycles. The van der Waals surface area contributed by atoms with Gasteiger partial charge in [-0.15, -0.1) is 0 Å². The van der Waals surface area contributed by atoms with Crippen LogP contribution in [0.2, 0.25) is 5.02 Å². The second-order valence-corrected chi connectivity index (χ2v) is 5.09. The molecule has 1 amide bonds. The molecule has 0 atom stereocenters. The third-order valence-electron chi connectivity index (χ3n) is 2.29. The van der Waals surface area contributed by atoms with Gasteiger partial charge in [-0.25, -0.2) is 4.39 Å². The van der Waals surface area contributed by atoms with Crippen LogP contribution in [0.5, 0.6) is 0 Å². The minimum atomic E-state index is -0.581. The van der Waals surface area contributed by atoms with E-state index < -0.39 is 11.7 Å². The third-order valence-corrected chi connectivity index (χ3v) is 3.36. The summed E-state index contributed by atoms with van der Waals surface area (Å²) in [5.74, 6) is -1.02. The van der Waals surface area contributed by atoms with Crippen molar-refractivity contribution in [3.05, 3.63) is 34.6 Å². The maximum Gasteiger partial charge on any atom is 0.255 e. The molecule has 17 heavy (non-hydrogen) atoms. The predicted octanol–water partition coefficient (Wildman–Crippen LogP) is 3.81. The van der Waals surface area contributed by atoms with Gasteiger partial charge >= 0.3 is 0 Å². The van der Waals surface area contributed by atoms with Crippen LogP contribution >= 0.6 is 34.2 Å². The standard InChI is InChI=1S/C12H14ClFINO/c13-9-5-4-6-10(14)11(9)12(17)16-8-3-1-2-7-15/h4-6H,1-3,7-8H2,(H,16,17). The monoisotopic (exact) mass is 369 g/mol. The van der Waals surface area contributed by atoms with Crippen LogP contribution < -0.4 is 5.32 Å². The van der Waals surface area contributed by atoms with E-state index in [-0.39, 0.29) is 10.6 Å². The fourth-order valence-electron chi connectivity index (χ4n) is 1.40. The maximum absolute atomic E-state index is 13.4. The molecule has 1 rings (SSSR count). The Balaban J connectivity index is 2.47. The molecule has 0 spiro atoms. The number of unbranched alkanes of at least 4 members (excludes halogenated alkanes) is 2. The van der Waals surface area contributed by atoms with Crippen LogP contribution in [0.15, 0.2) is 18.2 Å². The zero-order valence-corrected chi connectivity index (χ0v) is 12.2. The maximum atomic E-state index is 13.4. The molecule has 2 nitrogen and oxygen atoms in total. The molecule has 94 valence electrons. The van der Waals surface area contributed by atoms with Crippen molar-refractivity contribution in [1.82, 2.24) is 5.32 Å². The molecular formula is C12H14ClFINO. The molecule has 0 unspecified atom stereocenters. The molecule has 0 fully saturated rings. The molecule has 0 radical (unpaired) electrons. The highest BCUT2D eigenvalue weighted by Crippen LogP contribution is 2.18. The molecule has 0 heterocycles. The normalized spacial score (nSPS) is 10.3. The highest BCUT2D eigenvalue weighted by molar-refractivity contribution is 14.1. The Labute approximate surface area is 119 Å². The van der Waals surface area contributed by atoms with Crippen molar-refractivity contribution in [2.24, 2.45) is 0 Å². The van der Waals surface area contributed by atoms with Crippen molar-refractivity contribution >= 4 is 40.1 Å². The van der Waals surface area contributed by atoms with E-state index >= 15 is 0 Å². The minimum Gasteiger partial charge on any atom is -0.352 e. The largest absolute Gasteiger partial charge is 0.352 e. The Morgan fingerprint density at radius 3 is 2.76 bits per heavy atom. The summed E-state index contributed by atoms with van der Waals surface area (Å²) in [7, 11) is 0. The number of hydrogen-bond donors (Lipinski definition) is 1. The van der Waals surface area contributed by atoms with Crippen LogP contribution in [-0.4, -0.2) is 16.9 Å². The lowest BCUT2D eigenvalue weighted by atomic mass is 10.2. The molecule has 0 aromatic heterocycles. The van der Waals surface area contributed by atoms with Gasteiger partial charge in [0.1, 0.15) is 5.82 Å². The van der Waals surface area contributed by atoms with Gasteiger partial charge in [0.2, 0.25) is 0 Å². The zero-order valence-electron chi connectivity index (χ0n) is 9.31. The molecule has 0 bridgehead atoms. The van der Waals surface area contributed by atoms with Gasteiger partial charge in [-0.05, 0) is 29.4 Å². The summed E-state index contributed by atoms with van der Waals surface area (Å²) in [5, 5.41) is 2.82. The average molecular weight is 370 g/mol. The molecule has 0 saturated carbocycles. The second kappa shape index (κ2) is 7.87. The lowest BCUT2D eigenvalue weighted by Gasteiger charge is -2.07. The van der Waals surface area contributed by atoms with Gasteiger partial charge < -0.3 is 5.32 Å². The van der Waals surface area contributed by atoms with Crippen LogP contribution in [-0.2, 0) is 0 Å². The molecular weight excluding hydrogens is 355 g/mol. The van der Waals surface area contributed by atoms with Crippen molar-refractivity contribution in [3.63, 3.8) is 0 Å². The number of benzene rings is 1. The number of carbonyl (C=O) groups excluding carboxylic acids is 1. The lowest BCUT2D eigenvalue weighted by Crippen LogP contribution is -2.25. The first-order valence-corrected chi connectivity index (χ1v) is 7.35. The summed E-state index contributed by atoms with van der Waals surface area (Å²) < 4.78 is 14.5. The Kier molecular flexibility index (Phi) is 6.80. The third kappa shape index (κ3) is 4.79. The van der Waals surface area contributed by atoms with Crippen molar-refractivity contribution in [2.75, 3.05) is 11.0 Å². The van der Waals surface area contributed by atoms with Crippen molar-refractivity contribution in [3.8, 4) is 0 Å². The first-order chi connectivity index (χ1) is 8.16. The topological polar surface area (TPSA) is 29.1 Å². The summed E-state index contributed by atoms with van der Waals surface area (Å²) in [6.07, 6.45) is 3.10. The quantitative estimate of drug-likeness (QED) is 0.461. The van der Waals surface area contributed by atoms with Crippen LogP contribution in [0.4, 0.5) is 4.39 Å². The predicted molar refractivity (Wildman–Crippen MR) is 76.5 cm³/mol. The summed E-state index contributed by atoms with van der Waals surface area (Å²) in [4.78, 5) is 11.7. The summed E-state index contributed by atoms with van der Waals surface area (Å²) in [6, 6.07) is 4.22. The molecule has 0 aliphatic carbocycles. The first kappa shape index (κ1) is 14.7. The van der Waals surface area contributed by atoms with E-state index in [2.05, 4.69) is 27.9 Å². The van der Waals surface area contributed by atoms with E-state index in [1.54, 1.807) is 0 Å². The van der Waals surface area contributed by atoms with E-state index in [9.17, 15) is 9.18 Å². The number of rotatable bonds is 6. The van der Waals surface area contributed by atoms with Crippen molar-refractivity contribution in [1.29, 1.82) is 0 Å². The summed E-state index contributed by atoms with van der Waals surface area (Å²) in [6.45, 7) is 0.556. The molecule has 0 saturated heterocycles. The van der Waals surface area contributed by atoms with Crippen LogP contribution in [0.25, 0.3) is 0 Å². The number of alkyl halides is 1. The van der Waals surface area contributed by atoms with Crippen molar-refractivity contribution < 1.29 is 9.18 Å². The van der Waals surface area contributed by atoms with E-state index in [1.165, 1.54) is 18.2 Å². The Morgan fingerprint density at radius 2 is 2.12 bits per heavy atom. The van der Waals surface area contributed by atoms with Gasteiger partial charge in [0, 0.05) is 6.54 Å². The molecule has 1 N–H and O–H groups in total. The fourth-order valence-corrected chi connectivity index (χ4v) is 2.19. The fraction of sp³-hybridized carbons (Fsp3) is 0.417. The van der Waals surface area contributed by atoms with Gasteiger partial charge in [0.15, 0.2) is 0 Å². The van der Waals surface area contributed by atoms with E-state index in [4.69, 9.17) is 11.6 Å². The van der Waals surface area contributed by atoms with E-state index in [0.29, 0.717) is 6.54 Å². The van der Waals surface area contributed by atoms with E-state index in [1.807, 2.05) is 0 Å². The lowest BCUT2D eigenvalue weighted by molar-refractivity contribution is 0.0949. The summed E-state index contributed by atoms with van der Waals surface area (Å²) >= 11 is 8.10. The van der Waals surface area contributed by atoms with Crippen LogP contribution in [0.1, 0.15) is 29.6 Å². The van der Waals surface area contributed by atoms with Gasteiger partial charge in [0.05, 0.1) is 10.6 Å². The zero-order chi connectivity index (χ0) is 12.7. The number of amides is 1. The van der Waals surface area contributed by atoms with Crippen molar-refractivity contribution in [2.45, 2.75) is 19.3 Å². The molecule has 0 aliphatic rings. The second-order valence-electron chi connectivity index (χ2n) is 3.60. The Bertz CT molecular complexity index is 367. The van der Waals surface area contributed by atoms with Crippen LogP contribution in [0, 0.1) is 5.82 Å². The smallest absolute Gasteiger partial charge is 0.255 e. The van der Waals surface area contributed by atoms with Gasteiger partial charge in [0.25, 0.3) is 5.91 Å². The molecule has 5 heteroatoms. The minimum absolute atomic E-state index is 0.0666. The Hall–Kier alpha value is -0.360. The highest BCUT2D eigenvalue weighted by atomic mass is 127.